The summed E-state index contributed by atoms with van der Waals surface area (Å²) in [5.41, 5.74) is 0.831. The van der Waals surface area contributed by atoms with E-state index in [-0.39, 0.29) is 23.8 Å². The average Bonchev–Trinajstić information content (AvgIpc) is 3.03. The number of ether oxygens (including phenoxy) is 1. The summed E-state index contributed by atoms with van der Waals surface area (Å²) in [4.78, 5) is 31.2. The predicted octanol–water partition coefficient (Wildman–Crippen LogP) is 1.99. The largest absolute Gasteiger partial charge is 0.491 e. The highest BCUT2D eigenvalue weighted by Gasteiger charge is 2.37. The number of benzene rings is 1. The van der Waals surface area contributed by atoms with Crippen molar-refractivity contribution in [3.63, 3.8) is 0 Å². The van der Waals surface area contributed by atoms with Crippen LogP contribution in [0.1, 0.15) is 27.2 Å². The van der Waals surface area contributed by atoms with Crippen molar-refractivity contribution in [2.45, 2.75) is 33.3 Å². The van der Waals surface area contributed by atoms with Gasteiger partial charge in [0.25, 0.3) is 0 Å². The highest BCUT2D eigenvalue weighted by Crippen LogP contribution is 2.28. The predicted molar refractivity (Wildman–Crippen MR) is 101 cm³/mol. The smallest absolute Gasteiger partial charge is 0.228 e. The van der Waals surface area contributed by atoms with E-state index in [1.807, 2.05) is 43.0 Å². The molecular weight excluding hydrogens is 330 g/mol. The zero-order valence-corrected chi connectivity index (χ0v) is 16.0. The molecule has 0 saturated carbocycles. The highest BCUT2D eigenvalue weighted by molar-refractivity contribution is 6.00. The number of likely N-dealkylation sites (N-methyl/N-ethyl adjacent to an activating group) is 1. The van der Waals surface area contributed by atoms with Crippen molar-refractivity contribution >= 4 is 17.5 Å². The quantitative estimate of drug-likeness (QED) is 0.807. The van der Waals surface area contributed by atoms with Crippen LogP contribution in [0, 0.1) is 5.92 Å². The van der Waals surface area contributed by atoms with Crippen molar-refractivity contribution in [2.24, 2.45) is 5.92 Å². The second-order valence-corrected chi connectivity index (χ2v) is 7.33. The standard InChI is InChI=1S/C20H29N3O3/c1-4-21-9-11-22(12-10-21)20(25)16-13-19(24)23(14-16)17-5-7-18(8-6-17)26-15(2)3/h5-8,15-16H,4,9-14H2,1-3H3. The van der Waals surface area contributed by atoms with Gasteiger partial charge in [-0.1, -0.05) is 6.92 Å². The van der Waals surface area contributed by atoms with Crippen LogP contribution >= 0.6 is 0 Å². The van der Waals surface area contributed by atoms with Gasteiger partial charge in [0.2, 0.25) is 11.8 Å². The Kier molecular flexibility index (Phi) is 5.81. The maximum absolute atomic E-state index is 12.8. The molecule has 0 aliphatic carbocycles. The molecule has 1 aromatic carbocycles. The van der Waals surface area contributed by atoms with Gasteiger partial charge >= 0.3 is 0 Å². The fourth-order valence-electron chi connectivity index (χ4n) is 3.64. The zero-order valence-electron chi connectivity index (χ0n) is 16.0. The first-order valence-electron chi connectivity index (χ1n) is 9.56. The van der Waals surface area contributed by atoms with E-state index in [0.717, 1.165) is 44.2 Å². The second kappa shape index (κ2) is 8.08. The first-order valence-corrected chi connectivity index (χ1v) is 9.56. The first kappa shape index (κ1) is 18.7. The van der Waals surface area contributed by atoms with Crippen LogP contribution in [0.4, 0.5) is 5.69 Å². The van der Waals surface area contributed by atoms with Gasteiger partial charge in [0.05, 0.1) is 12.0 Å². The molecule has 0 N–H and O–H groups in total. The lowest BCUT2D eigenvalue weighted by Crippen LogP contribution is -2.50. The highest BCUT2D eigenvalue weighted by atomic mass is 16.5. The Morgan fingerprint density at radius 1 is 1.15 bits per heavy atom. The minimum atomic E-state index is -0.234. The van der Waals surface area contributed by atoms with Gasteiger partial charge in [0.1, 0.15) is 5.75 Å². The minimum absolute atomic E-state index is 0.0214. The van der Waals surface area contributed by atoms with Crippen LogP contribution in [0.15, 0.2) is 24.3 Å². The third-order valence-corrected chi connectivity index (χ3v) is 5.13. The third-order valence-electron chi connectivity index (χ3n) is 5.13. The molecule has 6 heteroatoms. The molecule has 6 nitrogen and oxygen atoms in total. The van der Waals surface area contributed by atoms with Crippen LogP contribution in [0.25, 0.3) is 0 Å². The summed E-state index contributed by atoms with van der Waals surface area (Å²) in [6.07, 6.45) is 0.418. The molecule has 0 bridgehead atoms. The van der Waals surface area contributed by atoms with Crippen molar-refractivity contribution in [1.82, 2.24) is 9.80 Å². The maximum atomic E-state index is 12.8. The lowest BCUT2D eigenvalue weighted by molar-refractivity contribution is -0.137. The number of carbonyl (C=O) groups is 2. The number of amides is 2. The van der Waals surface area contributed by atoms with E-state index in [1.165, 1.54) is 0 Å². The molecule has 26 heavy (non-hydrogen) atoms. The molecular formula is C20H29N3O3. The van der Waals surface area contributed by atoms with E-state index in [2.05, 4.69) is 11.8 Å². The van der Waals surface area contributed by atoms with Crippen molar-refractivity contribution in [3.8, 4) is 5.75 Å². The molecule has 2 fully saturated rings. The first-order chi connectivity index (χ1) is 12.5. The van der Waals surface area contributed by atoms with Crippen molar-refractivity contribution in [2.75, 3.05) is 44.2 Å². The topological polar surface area (TPSA) is 53.1 Å². The molecule has 0 aromatic heterocycles. The van der Waals surface area contributed by atoms with Crippen molar-refractivity contribution in [1.29, 1.82) is 0 Å². The molecule has 1 atom stereocenters. The van der Waals surface area contributed by atoms with Gasteiger partial charge in [-0.15, -0.1) is 0 Å². The number of nitrogens with zero attached hydrogens (tertiary/aromatic N) is 3. The fraction of sp³-hybridized carbons (Fsp3) is 0.600. The Hall–Kier alpha value is -2.08. The Bertz CT molecular complexity index is 636. The maximum Gasteiger partial charge on any atom is 0.228 e. The fourth-order valence-corrected chi connectivity index (χ4v) is 3.64. The van der Waals surface area contributed by atoms with Crippen molar-refractivity contribution < 1.29 is 14.3 Å². The molecule has 2 heterocycles. The van der Waals surface area contributed by atoms with Crippen LogP contribution in [0.3, 0.4) is 0 Å². The van der Waals surface area contributed by atoms with Gasteiger partial charge in [0, 0.05) is 44.8 Å². The molecule has 1 unspecified atom stereocenters. The number of hydrogen-bond donors (Lipinski definition) is 0. The SMILES string of the molecule is CCN1CCN(C(=O)C2CC(=O)N(c3ccc(OC(C)C)cc3)C2)CC1. The minimum Gasteiger partial charge on any atom is -0.491 e. The van der Waals surface area contributed by atoms with Crippen LogP contribution in [-0.2, 0) is 9.59 Å². The van der Waals surface area contributed by atoms with E-state index in [0.29, 0.717) is 13.0 Å². The molecule has 2 amide bonds. The summed E-state index contributed by atoms with van der Waals surface area (Å²) >= 11 is 0. The van der Waals surface area contributed by atoms with E-state index < -0.39 is 0 Å². The number of piperazine rings is 1. The Morgan fingerprint density at radius 2 is 1.81 bits per heavy atom. The molecule has 0 spiro atoms. The molecule has 1 aromatic rings. The summed E-state index contributed by atoms with van der Waals surface area (Å²) in [6, 6.07) is 7.54. The number of anilines is 1. The molecule has 2 aliphatic rings. The lowest BCUT2D eigenvalue weighted by atomic mass is 10.1. The van der Waals surface area contributed by atoms with Crippen LogP contribution in [-0.4, -0.2) is 67.0 Å². The monoisotopic (exact) mass is 359 g/mol. The van der Waals surface area contributed by atoms with Gasteiger partial charge in [-0.05, 0) is 44.7 Å². The molecule has 3 rings (SSSR count). The summed E-state index contributed by atoms with van der Waals surface area (Å²) in [6.45, 7) is 11.0. The van der Waals surface area contributed by atoms with Gasteiger partial charge in [0.15, 0.2) is 0 Å². The third kappa shape index (κ3) is 4.18. The zero-order chi connectivity index (χ0) is 18.7. The van der Waals surface area contributed by atoms with E-state index in [1.54, 1.807) is 4.90 Å². The number of hydrogen-bond acceptors (Lipinski definition) is 4. The van der Waals surface area contributed by atoms with Gasteiger partial charge in [-0.3, -0.25) is 9.59 Å². The lowest BCUT2D eigenvalue weighted by Gasteiger charge is -2.35. The second-order valence-electron chi connectivity index (χ2n) is 7.33. The molecule has 2 saturated heterocycles. The Balaban J connectivity index is 1.60. The van der Waals surface area contributed by atoms with E-state index in [4.69, 9.17) is 4.74 Å². The van der Waals surface area contributed by atoms with E-state index >= 15 is 0 Å². The summed E-state index contributed by atoms with van der Waals surface area (Å²) in [5, 5.41) is 0. The van der Waals surface area contributed by atoms with Crippen LogP contribution in [0.2, 0.25) is 0 Å². The summed E-state index contributed by atoms with van der Waals surface area (Å²) in [7, 11) is 0. The Morgan fingerprint density at radius 3 is 2.38 bits per heavy atom. The van der Waals surface area contributed by atoms with Crippen LogP contribution < -0.4 is 9.64 Å². The Labute approximate surface area is 155 Å². The molecule has 142 valence electrons. The average molecular weight is 359 g/mol. The molecule has 2 aliphatic heterocycles. The number of rotatable bonds is 5. The molecule has 0 radical (unpaired) electrons. The van der Waals surface area contributed by atoms with Crippen LogP contribution in [0.5, 0.6) is 5.75 Å². The van der Waals surface area contributed by atoms with Gasteiger partial charge < -0.3 is 19.4 Å². The van der Waals surface area contributed by atoms with Gasteiger partial charge in [-0.2, -0.15) is 0 Å². The van der Waals surface area contributed by atoms with Gasteiger partial charge in [-0.25, -0.2) is 0 Å². The van der Waals surface area contributed by atoms with Crippen molar-refractivity contribution in [3.05, 3.63) is 24.3 Å². The normalized spacial score (nSPS) is 21.5. The van der Waals surface area contributed by atoms with E-state index in [9.17, 15) is 9.59 Å². The summed E-state index contributed by atoms with van der Waals surface area (Å²) < 4.78 is 5.65. The number of carbonyl (C=O) groups excluding carboxylic acids is 2. The summed E-state index contributed by atoms with van der Waals surface area (Å²) in [5.74, 6) is 0.698.